The molecule has 0 aliphatic carbocycles. The second-order valence-electron chi connectivity index (χ2n) is 4.56. The van der Waals surface area contributed by atoms with Gasteiger partial charge in [-0.05, 0) is 38.4 Å². The van der Waals surface area contributed by atoms with Gasteiger partial charge in [0, 0.05) is 18.8 Å². The molecule has 1 heterocycles. The van der Waals surface area contributed by atoms with Crippen LogP contribution in [0.25, 0.3) is 0 Å². The number of para-hydroxylation sites is 1. The van der Waals surface area contributed by atoms with E-state index >= 15 is 0 Å². The predicted molar refractivity (Wildman–Crippen MR) is 70.2 cm³/mol. The first-order chi connectivity index (χ1) is 8.24. The smallest absolute Gasteiger partial charge is 0.231 e. The van der Waals surface area contributed by atoms with Gasteiger partial charge in [0.2, 0.25) is 5.91 Å². The summed E-state index contributed by atoms with van der Waals surface area (Å²) in [5.41, 5.74) is 2.21. The normalized spacial score (nSPS) is 19.3. The molecule has 3 heteroatoms. The first kappa shape index (κ1) is 12.1. The first-order valence-corrected chi connectivity index (χ1v) is 6.31. The van der Waals surface area contributed by atoms with Crippen LogP contribution in [0.15, 0.2) is 24.3 Å². The molecule has 2 rings (SSSR count). The van der Waals surface area contributed by atoms with E-state index < -0.39 is 0 Å². The molecule has 1 N–H and O–H groups in total. The molecule has 1 aliphatic heterocycles. The fraction of sp³-hybridized carbons (Fsp3) is 0.500. The van der Waals surface area contributed by atoms with E-state index in [1.54, 1.807) is 0 Å². The summed E-state index contributed by atoms with van der Waals surface area (Å²) < 4.78 is 0. The largest absolute Gasteiger partial charge is 0.316 e. The highest BCUT2D eigenvalue weighted by Crippen LogP contribution is 2.22. The number of nitrogens with one attached hydrogen (secondary N) is 1. The summed E-state index contributed by atoms with van der Waals surface area (Å²) in [7, 11) is 0. The Kier molecular flexibility index (Phi) is 3.79. The molecule has 0 saturated carbocycles. The molecule has 1 unspecified atom stereocenters. The van der Waals surface area contributed by atoms with Gasteiger partial charge in [0.05, 0.1) is 5.92 Å². The molecule has 0 spiro atoms. The molecule has 3 nitrogen and oxygen atoms in total. The number of carbonyl (C=O) groups is 1. The average Bonchev–Trinajstić information content (AvgIpc) is 2.86. The second-order valence-corrected chi connectivity index (χ2v) is 4.56. The number of aryl methyl sites for hydroxylation is 1. The van der Waals surface area contributed by atoms with E-state index in [9.17, 15) is 4.79 Å². The zero-order valence-corrected chi connectivity index (χ0v) is 10.6. The number of rotatable bonds is 3. The van der Waals surface area contributed by atoms with E-state index in [-0.39, 0.29) is 11.8 Å². The Morgan fingerprint density at radius 1 is 1.47 bits per heavy atom. The summed E-state index contributed by atoms with van der Waals surface area (Å²) in [6.07, 6.45) is 0.960. The van der Waals surface area contributed by atoms with Gasteiger partial charge in [0.15, 0.2) is 0 Å². The van der Waals surface area contributed by atoms with E-state index in [1.807, 2.05) is 30.0 Å². The van der Waals surface area contributed by atoms with Gasteiger partial charge >= 0.3 is 0 Å². The highest BCUT2D eigenvalue weighted by molar-refractivity contribution is 5.96. The van der Waals surface area contributed by atoms with Crippen LogP contribution in [0.5, 0.6) is 0 Å². The third-order valence-electron chi connectivity index (χ3n) is 3.40. The molecule has 92 valence electrons. The van der Waals surface area contributed by atoms with Crippen molar-refractivity contribution in [3.8, 4) is 0 Å². The fourth-order valence-corrected chi connectivity index (χ4v) is 2.40. The summed E-state index contributed by atoms with van der Waals surface area (Å²) in [5, 5.41) is 3.25. The highest BCUT2D eigenvalue weighted by atomic mass is 16.2. The topological polar surface area (TPSA) is 32.3 Å². The van der Waals surface area contributed by atoms with Crippen molar-refractivity contribution in [2.24, 2.45) is 5.92 Å². The van der Waals surface area contributed by atoms with Gasteiger partial charge in [-0.1, -0.05) is 18.2 Å². The molecule has 1 saturated heterocycles. The van der Waals surface area contributed by atoms with Crippen LogP contribution in [0.2, 0.25) is 0 Å². The number of hydrogen-bond acceptors (Lipinski definition) is 2. The molecule has 1 fully saturated rings. The Bertz CT molecular complexity index is 397. The standard InChI is InChI=1S/C14H20N2O/c1-3-16(13-7-5-4-6-11(13)2)14(17)12-8-9-15-10-12/h4-7,12,15H,3,8-10H2,1-2H3. The minimum atomic E-state index is 0.148. The molecule has 1 aromatic carbocycles. The first-order valence-electron chi connectivity index (χ1n) is 6.31. The summed E-state index contributed by atoms with van der Waals surface area (Å²) in [6.45, 7) is 6.61. The van der Waals surface area contributed by atoms with Crippen molar-refractivity contribution >= 4 is 11.6 Å². The lowest BCUT2D eigenvalue weighted by molar-refractivity contribution is -0.121. The van der Waals surface area contributed by atoms with Crippen LogP contribution in [-0.4, -0.2) is 25.5 Å². The molecule has 1 aromatic rings. The number of amides is 1. The van der Waals surface area contributed by atoms with Gasteiger partial charge in [-0.25, -0.2) is 0 Å². The Labute approximate surface area is 103 Å². The molecule has 0 aromatic heterocycles. The van der Waals surface area contributed by atoms with Crippen molar-refractivity contribution in [3.63, 3.8) is 0 Å². The molecule has 0 bridgehead atoms. The molecule has 1 atom stereocenters. The number of nitrogens with zero attached hydrogens (tertiary/aromatic N) is 1. The highest BCUT2D eigenvalue weighted by Gasteiger charge is 2.27. The molecular formula is C14H20N2O. The van der Waals surface area contributed by atoms with Crippen molar-refractivity contribution in [1.82, 2.24) is 5.32 Å². The second kappa shape index (κ2) is 5.32. The Morgan fingerprint density at radius 2 is 2.24 bits per heavy atom. The van der Waals surface area contributed by atoms with Crippen LogP contribution in [0.1, 0.15) is 18.9 Å². The number of hydrogen-bond donors (Lipinski definition) is 1. The Balaban J connectivity index is 2.21. The lowest BCUT2D eigenvalue weighted by Gasteiger charge is -2.25. The van der Waals surface area contributed by atoms with E-state index in [4.69, 9.17) is 0 Å². The van der Waals surface area contributed by atoms with Crippen LogP contribution in [0.4, 0.5) is 5.69 Å². The maximum Gasteiger partial charge on any atom is 0.231 e. The summed E-state index contributed by atoms with van der Waals surface area (Å²) in [5.74, 6) is 0.404. The van der Waals surface area contributed by atoms with E-state index in [0.29, 0.717) is 0 Å². The van der Waals surface area contributed by atoms with Crippen LogP contribution in [0, 0.1) is 12.8 Å². The van der Waals surface area contributed by atoms with E-state index in [1.165, 1.54) is 0 Å². The molecular weight excluding hydrogens is 212 g/mol. The summed E-state index contributed by atoms with van der Waals surface area (Å²) in [6, 6.07) is 8.08. The summed E-state index contributed by atoms with van der Waals surface area (Å²) in [4.78, 5) is 14.3. The lowest BCUT2D eigenvalue weighted by atomic mass is 10.1. The maximum absolute atomic E-state index is 12.4. The van der Waals surface area contributed by atoms with Gasteiger partial charge < -0.3 is 10.2 Å². The number of carbonyl (C=O) groups excluding carboxylic acids is 1. The van der Waals surface area contributed by atoms with Crippen LogP contribution >= 0.6 is 0 Å². The van der Waals surface area contributed by atoms with E-state index in [2.05, 4.69) is 18.3 Å². The third-order valence-corrected chi connectivity index (χ3v) is 3.40. The van der Waals surface area contributed by atoms with Gasteiger partial charge in [-0.2, -0.15) is 0 Å². The molecule has 1 amide bonds. The van der Waals surface area contributed by atoms with Gasteiger partial charge in [-0.3, -0.25) is 4.79 Å². The van der Waals surface area contributed by atoms with Gasteiger partial charge in [0.25, 0.3) is 0 Å². The van der Waals surface area contributed by atoms with Crippen molar-refractivity contribution < 1.29 is 4.79 Å². The quantitative estimate of drug-likeness (QED) is 0.864. The SMILES string of the molecule is CCN(C(=O)C1CCNC1)c1ccccc1C. The molecule has 17 heavy (non-hydrogen) atoms. The van der Waals surface area contributed by atoms with Gasteiger partial charge in [0.1, 0.15) is 0 Å². The Morgan fingerprint density at radius 3 is 2.82 bits per heavy atom. The van der Waals surface area contributed by atoms with Crippen LogP contribution < -0.4 is 10.2 Å². The zero-order valence-electron chi connectivity index (χ0n) is 10.6. The van der Waals surface area contributed by atoms with Crippen LogP contribution in [0.3, 0.4) is 0 Å². The van der Waals surface area contributed by atoms with Gasteiger partial charge in [-0.15, -0.1) is 0 Å². The number of benzene rings is 1. The minimum absolute atomic E-state index is 0.148. The Hall–Kier alpha value is -1.35. The number of anilines is 1. The zero-order chi connectivity index (χ0) is 12.3. The van der Waals surface area contributed by atoms with Crippen LogP contribution in [-0.2, 0) is 4.79 Å². The minimum Gasteiger partial charge on any atom is -0.316 e. The van der Waals surface area contributed by atoms with Crippen molar-refractivity contribution in [2.45, 2.75) is 20.3 Å². The maximum atomic E-state index is 12.4. The fourth-order valence-electron chi connectivity index (χ4n) is 2.40. The molecule has 0 radical (unpaired) electrons. The lowest BCUT2D eigenvalue weighted by Crippen LogP contribution is -2.37. The third kappa shape index (κ3) is 2.50. The average molecular weight is 232 g/mol. The predicted octanol–water partition coefficient (Wildman–Crippen LogP) is 1.96. The monoisotopic (exact) mass is 232 g/mol. The van der Waals surface area contributed by atoms with Crippen molar-refractivity contribution in [1.29, 1.82) is 0 Å². The molecule has 1 aliphatic rings. The van der Waals surface area contributed by atoms with Crippen molar-refractivity contribution in [2.75, 3.05) is 24.5 Å². The van der Waals surface area contributed by atoms with Crippen molar-refractivity contribution in [3.05, 3.63) is 29.8 Å². The summed E-state index contributed by atoms with van der Waals surface area (Å²) >= 11 is 0. The van der Waals surface area contributed by atoms with E-state index in [0.717, 1.165) is 37.3 Å².